The summed E-state index contributed by atoms with van der Waals surface area (Å²) in [4.78, 5) is 14.4. The molecule has 0 bridgehead atoms. The summed E-state index contributed by atoms with van der Waals surface area (Å²) in [5.74, 6) is 0.0249. The van der Waals surface area contributed by atoms with E-state index >= 15 is 0 Å². The van der Waals surface area contributed by atoms with Gasteiger partial charge in [0, 0.05) is 6.92 Å². The molecule has 0 aromatic heterocycles. The topological polar surface area (TPSA) is 29.4 Å². The Kier molecular flexibility index (Phi) is 3.60. The van der Waals surface area contributed by atoms with E-state index in [0.29, 0.717) is 12.3 Å². The number of nitrogens with zero attached hydrogens (tertiary/aromatic N) is 1. The summed E-state index contributed by atoms with van der Waals surface area (Å²) in [6.07, 6.45) is 1.66. The van der Waals surface area contributed by atoms with Gasteiger partial charge in [0.1, 0.15) is 0 Å². The molecule has 0 spiro atoms. The van der Waals surface area contributed by atoms with Crippen LogP contribution in [-0.2, 0) is 4.79 Å². The lowest BCUT2D eigenvalue weighted by Crippen LogP contribution is -2.04. The fourth-order valence-corrected chi connectivity index (χ4v) is 0.313. The van der Waals surface area contributed by atoms with Crippen LogP contribution in [-0.4, -0.2) is 18.0 Å². The van der Waals surface area contributed by atoms with E-state index in [9.17, 15) is 4.79 Å². The van der Waals surface area contributed by atoms with Gasteiger partial charge in [0.15, 0.2) is 5.78 Å². The maximum absolute atomic E-state index is 10.5. The Hall–Kier alpha value is -0.920. The third kappa shape index (κ3) is 3.64. The van der Waals surface area contributed by atoms with E-state index in [1.807, 2.05) is 0 Å². The van der Waals surface area contributed by atoms with Gasteiger partial charge < -0.3 is 0 Å². The molecule has 0 N–H and O–H groups in total. The number of ketones is 1. The van der Waals surface area contributed by atoms with Gasteiger partial charge in [-0.05, 0) is 6.92 Å². The van der Waals surface area contributed by atoms with E-state index < -0.39 is 0 Å². The van der Waals surface area contributed by atoms with E-state index in [0.717, 1.165) is 0 Å². The second kappa shape index (κ2) is 4.01. The highest BCUT2D eigenvalue weighted by Gasteiger charge is 1.93. The van der Waals surface area contributed by atoms with Gasteiger partial charge >= 0.3 is 0 Å². The van der Waals surface area contributed by atoms with Gasteiger partial charge in [-0.2, -0.15) is 0 Å². The van der Waals surface area contributed by atoms with Crippen LogP contribution in [0.15, 0.2) is 17.6 Å². The van der Waals surface area contributed by atoms with Crippen molar-refractivity contribution in [2.24, 2.45) is 4.99 Å². The van der Waals surface area contributed by atoms with E-state index in [2.05, 4.69) is 11.6 Å². The molecule has 0 saturated carbocycles. The first-order valence-corrected chi connectivity index (χ1v) is 2.81. The number of rotatable bonds is 3. The van der Waals surface area contributed by atoms with Gasteiger partial charge in [-0.1, -0.05) is 6.08 Å². The fourth-order valence-electron chi connectivity index (χ4n) is 0.313. The Morgan fingerprint density at radius 3 is 2.56 bits per heavy atom. The molecule has 0 fully saturated rings. The van der Waals surface area contributed by atoms with Crippen LogP contribution in [0.1, 0.15) is 13.8 Å². The number of hydrogen-bond donors (Lipinski definition) is 0. The zero-order valence-corrected chi connectivity index (χ0v) is 5.85. The van der Waals surface area contributed by atoms with Crippen LogP contribution >= 0.6 is 0 Å². The lowest BCUT2D eigenvalue weighted by molar-refractivity contribution is -0.111. The van der Waals surface area contributed by atoms with E-state index in [1.54, 1.807) is 13.0 Å². The number of hydrogen-bond acceptors (Lipinski definition) is 2. The Bertz CT molecular complexity index is 147. The first-order valence-electron chi connectivity index (χ1n) is 2.81. The van der Waals surface area contributed by atoms with Gasteiger partial charge in [0.2, 0.25) is 0 Å². The molecule has 0 unspecified atom stereocenters. The van der Waals surface area contributed by atoms with Crippen molar-refractivity contribution in [1.29, 1.82) is 0 Å². The highest BCUT2D eigenvalue weighted by molar-refractivity contribution is 6.37. The number of carbonyl (C=O) groups is 1. The summed E-state index contributed by atoms with van der Waals surface area (Å²) < 4.78 is 0. The van der Waals surface area contributed by atoms with Crippen molar-refractivity contribution in [2.45, 2.75) is 13.8 Å². The Morgan fingerprint density at radius 2 is 2.22 bits per heavy atom. The van der Waals surface area contributed by atoms with Gasteiger partial charge in [-0.3, -0.25) is 9.79 Å². The maximum atomic E-state index is 10.5. The normalized spacial score (nSPS) is 11.1. The van der Waals surface area contributed by atoms with Crippen LogP contribution in [0.5, 0.6) is 0 Å². The molecule has 0 aromatic rings. The van der Waals surface area contributed by atoms with Crippen molar-refractivity contribution < 1.29 is 4.79 Å². The van der Waals surface area contributed by atoms with Crippen LogP contribution in [0, 0.1) is 0 Å². The molecule has 0 rings (SSSR count). The molecule has 0 atom stereocenters. The molecule has 2 nitrogen and oxygen atoms in total. The number of carbonyl (C=O) groups excluding carboxylic acids is 1. The molecule has 0 aliphatic rings. The number of aliphatic imine (C=N–C) groups is 1. The van der Waals surface area contributed by atoms with Gasteiger partial charge in [-0.15, -0.1) is 6.58 Å². The molecule has 0 heterocycles. The molecule has 9 heavy (non-hydrogen) atoms. The lowest BCUT2D eigenvalue weighted by Gasteiger charge is -1.89. The van der Waals surface area contributed by atoms with Gasteiger partial charge in [0.05, 0.1) is 12.3 Å². The minimum Gasteiger partial charge on any atom is -0.293 e. The van der Waals surface area contributed by atoms with E-state index in [-0.39, 0.29) is 5.78 Å². The summed E-state index contributed by atoms with van der Waals surface area (Å²) in [5, 5.41) is 0. The zero-order chi connectivity index (χ0) is 7.28. The van der Waals surface area contributed by atoms with Gasteiger partial charge in [-0.25, -0.2) is 0 Å². The van der Waals surface area contributed by atoms with Crippen LogP contribution in [0.3, 0.4) is 0 Å². The monoisotopic (exact) mass is 125 g/mol. The van der Waals surface area contributed by atoms with Crippen molar-refractivity contribution in [1.82, 2.24) is 0 Å². The number of Topliss-reactive ketones (excluding diaryl/α,β-unsaturated/α-hetero) is 1. The second-order valence-corrected chi connectivity index (χ2v) is 1.77. The summed E-state index contributed by atoms with van der Waals surface area (Å²) in [7, 11) is 0. The standard InChI is InChI=1S/C7H11NO/c1-4-5-8-6(2)7(3)9/h4H,1,5H2,2-3H3. The van der Waals surface area contributed by atoms with Gasteiger partial charge in [0.25, 0.3) is 0 Å². The minimum absolute atomic E-state index is 0.0249. The largest absolute Gasteiger partial charge is 0.293 e. The summed E-state index contributed by atoms with van der Waals surface area (Å²) >= 11 is 0. The molecule has 0 aliphatic heterocycles. The first kappa shape index (κ1) is 8.08. The van der Waals surface area contributed by atoms with E-state index in [1.165, 1.54) is 6.92 Å². The molecule has 0 radical (unpaired) electrons. The van der Waals surface area contributed by atoms with Crippen molar-refractivity contribution >= 4 is 11.5 Å². The average Bonchev–Trinajstić information content (AvgIpc) is 1.82. The molecule has 0 aliphatic carbocycles. The maximum Gasteiger partial charge on any atom is 0.173 e. The second-order valence-electron chi connectivity index (χ2n) is 1.77. The van der Waals surface area contributed by atoms with Crippen molar-refractivity contribution in [3.05, 3.63) is 12.7 Å². The van der Waals surface area contributed by atoms with Crippen LogP contribution in [0.25, 0.3) is 0 Å². The van der Waals surface area contributed by atoms with E-state index in [4.69, 9.17) is 0 Å². The summed E-state index contributed by atoms with van der Waals surface area (Å²) in [6, 6.07) is 0. The Labute approximate surface area is 55.3 Å². The highest BCUT2D eigenvalue weighted by atomic mass is 16.1. The Morgan fingerprint density at radius 1 is 1.67 bits per heavy atom. The smallest absolute Gasteiger partial charge is 0.173 e. The Balaban J connectivity index is 3.83. The fraction of sp³-hybridized carbons (Fsp3) is 0.429. The van der Waals surface area contributed by atoms with Crippen LogP contribution in [0.4, 0.5) is 0 Å². The van der Waals surface area contributed by atoms with Crippen molar-refractivity contribution in [3.63, 3.8) is 0 Å². The molecular formula is C7H11NO. The molecule has 2 heteroatoms. The summed E-state index contributed by atoms with van der Waals surface area (Å²) in [6.45, 7) is 7.21. The zero-order valence-electron chi connectivity index (χ0n) is 5.85. The third-order valence-electron chi connectivity index (χ3n) is 0.967. The molecule has 0 amide bonds. The first-order chi connectivity index (χ1) is 4.18. The molecular weight excluding hydrogens is 114 g/mol. The molecule has 50 valence electrons. The quantitative estimate of drug-likeness (QED) is 0.412. The minimum atomic E-state index is 0.0249. The van der Waals surface area contributed by atoms with Crippen LogP contribution < -0.4 is 0 Å². The highest BCUT2D eigenvalue weighted by Crippen LogP contribution is 1.79. The van der Waals surface area contributed by atoms with Crippen molar-refractivity contribution in [2.75, 3.05) is 6.54 Å². The molecule has 0 aromatic carbocycles. The predicted octanol–water partition coefficient (Wildman–Crippen LogP) is 1.22. The SMILES string of the molecule is C=CCN=C(C)C(C)=O. The third-order valence-corrected chi connectivity index (χ3v) is 0.967. The van der Waals surface area contributed by atoms with Crippen LogP contribution in [0.2, 0.25) is 0 Å². The van der Waals surface area contributed by atoms with Crippen molar-refractivity contribution in [3.8, 4) is 0 Å². The lowest BCUT2D eigenvalue weighted by atomic mass is 10.3. The summed E-state index contributed by atoms with van der Waals surface area (Å²) in [5.41, 5.74) is 0.565. The average molecular weight is 125 g/mol. The predicted molar refractivity (Wildman–Crippen MR) is 38.9 cm³/mol. The molecule has 0 saturated heterocycles.